The summed E-state index contributed by atoms with van der Waals surface area (Å²) in [6, 6.07) is 0.307. The Morgan fingerprint density at radius 3 is 2.22 bits per heavy atom. The summed E-state index contributed by atoms with van der Waals surface area (Å²) >= 11 is 1.58. The van der Waals surface area contributed by atoms with Crippen molar-refractivity contribution in [1.82, 2.24) is 10.6 Å². The van der Waals surface area contributed by atoms with Crippen molar-refractivity contribution < 1.29 is 9.90 Å². The molecule has 4 nitrogen and oxygen atoms in total. The average molecular weight is 272 g/mol. The second-order valence-electron chi connectivity index (χ2n) is 5.56. The fraction of sp³-hybridized carbons (Fsp3) is 0.923. The number of thioether (sulfide) groups is 1. The van der Waals surface area contributed by atoms with E-state index in [4.69, 9.17) is 0 Å². The molecule has 2 rings (SSSR count). The number of aliphatic hydroxyl groups is 1. The van der Waals surface area contributed by atoms with Gasteiger partial charge in [0.25, 0.3) is 0 Å². The number of urea groups is 1. The molecule has 2 atom stereocenters. The van der Waals surface area contributed by atoms with Crippen LogP contribution in [0.15, 0.2) is 0 Å². The first-order chi connectivity index (χ1) is 8.65. The molecule has 2 aliphatic carbocycles. The average Bonchev–Trinajstić information content (AvgIpc) is 3.19. The van der Waals surface area contributed by atoms with Gasteiger partial charge in [0.15, 0.2) is 0 Å². The van der Waals surface area contributed by atoms with Gasteiger partial charge in [-0.15, -0.1) is 0 Å². The third-order valence-corrected chi connectivity index (χ3v) is 5.12. The minimum absolute atomic E-state index is 0.0101. The van der Waals surface area contributed by atoms with E-state index >= 15 is 0 Å². The van der Waals surface area contributed by atoms with Crippen LogP contribution in [0.5, 0.6) is 0 Å². The molecule has 0 radical (unpaired) electrons. The van der Waals surface area contributed by atoms with Crippen LogP contribution in [0.3, 0.4) is 0 Å². The number of nitrogens with one attached hydrogen (secondary N) is 2. The van der Waals surface area contributed by atoms with Crippen LogP contribution in [0.25, 0.3) is 0 Å². The Balaban J connectivity index is 1.76. The summed E-state index contributed by atoms with van der Waals surface area (Å²) in [7, 11) is 0. The van der Waals surface area contributed by atoms with Crippen LogP contribution in [0.4, 0.5) is 4.79 Å². The summed E-state index contributed by atoms with van der Waals surface area (Å²) in [5.74, 6) is 1.43. The smallest absolute Gasteiger partial charge is 0.315 e. The summed E-state index contributed by atoms with van der Waals surface area (Å²) in [5, 5.41) is 15.3. The van der Waals surface area contributed by atoms with Gasteiger partial charge in [-0.2, -0.15) is 11.8 Å². The van der Waals surface area contributed by atoms with Gasteiger partial charge in [-0.25, -0.2) is 4.79 Å². The largest absolute Gasteiger partial charge is 0.395 e. The molecule has 0 aromatic carbocycles. The molecule has 2 unspecified atom stereocenters. The molecule has 0 bridgehead atoms. The second-order valence-corrected chi connectivity index (χ2v) is 6.64. The third-order valence-electron chi connectivity index (χ3n) is 3.96. The van der Waals surface area contributed by atoms with E-state index in [9.17, 15) is 9.90 Å². The van der Waals surface area contributed by atoms with Crippen LogP contribution in [-0.2, 0) is 0 Å². The van der Waals surface area contributed by atoms with Crippen molar-refractivity contribution in [2.45, 2.75) is 49.9 Å². The number of carbonyl (C=O) groups excluding carboxylic acids is 1. The summed E-state index contributed by atoms with van der Waals surface area (Å²) in [6.07, 6.45) is 7.01. The van der Waals surface area contributed by atoms with Gasteiger partial charge in [0.2, 0.25) is 0 Å². The highest BCUT2D eigenvalue weighted by molar-refractivity contribution is 7.99. The number of hydrogen-bond donors (Lipinski definition) is 3. The second kappa shape index (κ2) is 6.15. The minimum atomic E-state index is -0.0706. The Bertz CT molecular complexity index is 277. The number of carbonyl (C=O) groups is 1. The van der Waals surface area contributed by atoms with Gasteiger partial charge >= 0.3 is 6.03 Å². The van der Waals surface area contributed by atoms with Gasteiger partial charge in [-0.05, 0) is 50.7 Å². The van der Waals surface area contributed by atoms with Crippen molar-refractivity contribution in [3.05, 3.63) is 0 Å². The summed E-state index contributed by atoms with van der Waals surface area (Å²) in [4.78, 5) is 12.0. The zero-order valence-electron chi connectivity index (χ0n) is 11.2. The van der Waals surface area contributed by atoms with Gasteiger partial charge in [-0.1, -0.05) is 0 Å². The molecular weight excluding hydrogens is 248 g/mol. The van der Waals surface area contributed by atoms with Gasteiger partial charge in [0.1, 0.15) is 0 Å². The van der Waals surface area contributed by atoms with Crippen LogP contribution in [0.1, 0.15) is 32.6 Å². The van der Waals surface area contributed by atoms with Gasteiger partial charge in [0, 0.05) is 17.3 Å². The van der Waals surface area contributed by atoms with Crippen LogP contribution >= 0.6 is 11.8 Å². The molecule has 104 valence electrons. The van der Waals surface area contributed by atoms with E-state index in [0.717, 1.165) is 0 Å². The first-order valence-electron chi connectivity index (χ1n) is 6.86. The fourth-order valence-electron chi connectivity index (χ4n) is 2.46. The van der Waals surface area contributed by atoms with E-state index in [2.05, 4.69) is 10.6 Å². The van der Waals surface area contributed by atoms with E-state index in [1.54, 1.807) is 11.8 Å². The number of amides is 2. The SMILES string of the molecule is CSC(CO)C(C)NC(=O)NC(C1CC1)C1CC1. The molecule has 0 spiro atoms. The molecule has 0 aliphatic heterocycles. The predicted molar refractivity (Wildman–Crippen MR) is 74.8 cm³/mol. The van der Waals surface area contributed by atoms with Crippen molar-refractivity contribution in [2.24, 2.45) is 11.8 Å². The Kier molecular flexibility index (Phi) is 4.78. The molecule has 5 heteroatoms. The van der Waals surface area contributed by atoms with Crippen molar-refractivity contribution in [3.63, 3.8) is 0 Å². The van der Waals surface area contributed by atoms with Crippen molar-refractivity contribution in [1.29, 1.82) is 0 Å². The maximum absolute atomic E-state index is 12.0. The van der Waals surface area contributed by atoms with Crippen LogP contribution in [-0.4, -0.2) is 41.3 Å². The summed E-state index contributed by atoms with van der Waals surface area (Å²) in [5.41, 5.74) is 0. The number of hydrogen-bond acceptors (Lipinski definition) is 3. The van der Waals surface area contributed by atoms with E-state index in [0.29, 0.717) is 17.9 Å². The zero-order valence-corrected chi connectivity index (χ0v) is 12.0. The van der Waals surface area contributed by atoms with E-state index in [-0.39, 0.29) is 23.9 Å². The first kappa shape index (κ1) is 14.0. The molecule has 2 saturated carbocycles. The molecule has 3 N–H and O–H groups in total. The van der Waals surface area contributed by atoms with Crippen molar-refractivity contribution in [2.75, 3.05) is 12.9 Å². The molecule has 18 heavy (non-hydrogen) atoms. The molecule has 2 fully saturated rings. The van der Waals surface area contributed by atoms with Gasteiger partial charge < -0.3 is 15.7 Å². The minimum Gasteiger partial charge on any atom is -0.395 e. The quantitative estimate of drug-likeness (QED) is 0.659. The third kappa shape index (κ3) is 3.79. The number of rotatable bonds is 7. The van der Waals surface area contributed by atoms with E-state index < -0.39 is 0 Å². The fourth-order valence-corrected chi connectivity index (χ4v) is 3.09. The van der Waals surface area contributed by atoms with Crippen molar-refractivity contribution in [3.8, 4) is 0 Å². The summed E-state index contributed by atoms with van der Waals surface area (Å²) < 4.78 is 0. The Morgan fingerprint density at radius 1 is 1.28 bits per heavy atom. The topological polar surface area (TPSA) is 61.4 Å². The lowest BCUT2D eigenvalue weighted by Crippen LogP contribution is -2.50. The normalized spacial score (nSPS) is 22.7. The Morgan fingerprint density at radius 2 is 1.83 bits per heavy atom. The maximum Gasteiger partial charge on any atom is 0.315 e. The Hall–Kier alpha value is -0.420. The lowest BCUT2D eigenvalue weighted by Gasteiger charge is -2.24. The van der Waals surface area contributed by atoms with Gasteiger partial charge in [0.05, 0.1) is 6.61 Å². The molecule has 0 aromatic rings. The van der Waals surface area contributed by atoms with E-state index in [1.807, 2.05) is 13.2 Å². The summed E-state index contributed by atoms with van der Waals surface area (Å²) in [6.45, 7) is 2.04. The monoisotopic (exact) mass is 272 g/mol. The zero-order chi connectivity index (χ0) is 13.1. The first-order valence-corrected chi connectivity index (χ1v) is 8.15. The van der Waals surface area contributed by atoms with Gasteiger partial charge in [-0.3, -0.25) is 0 Å². The molecule has 0 saturated heterocycles. The van der Waals surface area contributed by atoms with Crippen LogP contribution in [0, 0.1) is 11.8 Å². The lowest BCUT2D eigenvalue weighted by atomic mass is 10.1. The highest BCUT2D eigenvalue weighted by atomic mass is 32.2. The molecule has 0 aromatic heterocycles. The highest BCUT2D eigenvalue weighted by Gasteiger charge is 2.42. The lowest BCUT2D eigenvalue weighted by molar-refractivity contribution is 0.225. The van der Waals surface area contributed by atoms with E-state index in [1.165, 1.54) is 25.7 Å². The molecule has 2 aliphatic rings. The molecular formula is C13H24N2O2S. The molecule has 2 amide bonds. The number of aliphatic hydroxyl groups excluding tert-OH is 1. The predicted octanol–water partition coefficient (Wildman–Crippen LogP) is 1.59. The van der Waals surface area contributed by atoms with Crippen LogP contribution < -0.4 is 10.6 Å². The van der Waals surface area contributed by atoms with Crippen molar-refractivity contribution >= 4 is 17.8 Å². The Labute approximate surface area is 113 Å². The highest BCUT2D eigenvalue weighted by Crippen LogP contribution is 2.44. The standard InChI is InChI=1S/C13H24N2O2S/c1-8(11(7-16)18-2)14-13(17)15-12(9-3-4-9)10-5-6-10/h8-12,16H,3-7H2,1-2H3,(H2,14,15,17). The molecule has 0 heterocycles. The maximum atomic E-state index is 12.0. The van der Waals surface area contributed by atoms with Crippen LogP contribution in [0.2, 0.25) is 0 Å².